The zero-order chi connectivity index (χ0) is 17.1. The van der Waals surface area contributed by atoms with Gasteiger partial charge in [0.05, 0.1) is 29.0 Å². The molecule has 0 unspecified atom stereocenters. The van der Waals surface area contributed by atoms with Crippen LogP contribution in [0.5, 0.6) is 11.6 Å². The van der Waals surface area contributed by atoms with Crippen molar-refractivity contribution in [2.24, 2.45) is 5.73 Å². The zero-order valence-corrected chi connectivity index (χ0v) is 13.4. The molecule has 7 nitrogen and oxygen atoms in total. The van der Waals surface area contributed by atoms with Crippen LogP contribution in [0.1, 0.15) is 19.5 Å². The number of aryl methyl sites for hydroxylation is 1. The minimum absolute atomic E-state index is 0.271. The highest BCUT2D eigenvalue weighted by atomic mass is 16.5. The maximum atomic E-state index is 11.6. The third kappa shape index (κ3) is 3.21. The molecule has 0 aliphatic heterocycles. The fourth-order valence-corrected chi connectivity index (χ4v) is 2.23. The number of amides is 1. The number of carbonyl (C=O) groups excluding carboxylic acids is 1. The van der Waals surface area contributed by atoms with Crippen LogP contribution in [-0.4, -0.2) is 22.1 Å². The number of carbonyl (C=O) groups is 1. The van der Waals surface area contributed by atoms with Crippen molar-refractivity contribution in [1.29, 1.82) is 0 Å². The van der Waals surface area contributed by atoms with E-state index < -0.39 is 6.04 Å². The van der Waals surface area contributed by atoms with Crippen LogP contribution in [0.4, 0.5) is 5.69 Å². The summed E-state index contributed by atoms with van der Waals surface area (Å²) in [5.41, 5.74) is 7.58. The molecular weight excluding hydrogens is 308 g/mol. The van der Waals surface area contributed by atoms with Crippen molar-refractivity contribution in [3.63, 3.8) is 0 Å². The first-order valence-electron chi connectivity index (χ1n) is 7.66. The van der Waals surface area contributed by atoms with Gasteiger partial charge in [-0.3, -0.25) is 4.79 Å². The molecule has 1 amide bonds. The molecule has 0 saturated heterocycles. The molecule has 0 bridgehead atoms. The Morgan fingerprint density at radius 2 is 2.21 bits per heavy atom. The van der Waals surface area contributed by atoms with Crippen molar-refractivity contribution < 1.29 is 14.1 Å². The van der Waals surface area contributed by atoms with Gasteiger partial charge in [0, 0.05) is 6.07 Å². The average molecular weight is 326 g/mol. The zero-order valence-electron chi connectivity index (χ0n) is 13.4. The summed E-state index contributed by atoms with van der Waals surface area (Å²) in [6.45, 7) is 3.62. The average Bonchev–Trinajstić information content (AvgIpc) is 3.00. The van der Waals surface area contributed by atoms with E-state index >= 15 is 0 Å². The first-order chi connectivity index (χ1) is 11.6. The van der Waals surface area contributed by atoms with Crippen molar-refractivity contribution in [1.82, 2.24) is 10.1 Å². The van der Waals surface area contributed by atoms with Crippen LogP contribution in [0.3, 0.4) is 0 Å². The summed E-state index contributed by atoms with van der Waals surface area (Å²) in [6, 6.07) is 8.31. The smallest absolute Gasteiger partial charge is 0.241 e. The molecular formula is C17H18N4O3. The maximum absolute atomic E-state index is 11.6. The summed E-state index contributed by atoms with van der Waals surface area (Å²) in [7, 11) is 0. The second-order valence-corrected chi connectivity index (χ2v) is 5.38. The van der Waals surface area contributed by atoms with E-state index in [1.807, 2.05) is 25.1 Å². The molecule has 1 atom stereocenters. The lowest BCUT2D eigenvalue weighted by Gasteiger charge is -2.09. The molecule has 2 aromatic heterocycles. The molecule has 1 aromatic carbocycles. The van der Waals surface area contributed by atoms with E-state index in [9.17, 15) is 4.79 Å². The number of fused-ring (bicyclic) bond motifs is 1. The van der Waals surface area contributed by atoms with Crippen molar-refractivity contribution in [3.8, 4) is 11.6 Å². The first-order valence-corrected chi connectivity index (χ1v) is 7.66. The number of aromatic nitrogens is 2. The number of rotatable bonds is 5. The fourth-order valence-electron chi connectivity index (χ4n) is 2.23. The van der Waals surface area contributed by atoms with E-state index in [1.54, 1.807) is 19.1 Å². The summed E-state index contributed by atoms with van der Waals surface area (Å²) in [6.07, 6.45) is 2.26. The Kier molecular flexibility index (Phi) is 4.43. The quantitative estimate of drug-likeness (QED) is 0.747. The molecule has 3 aromatic rings. The van der Waals surface area contributed by atoms with Crippen LogP contribution >= 0.6 is 0 Å². The third-order valence-corrected chi connectivity index (χ3v) is 3.50. The number of benzene rings is 1. The molecule has 0 fully saturated rings. The minimum atomic E-state index is -0.584. The van der Waals surface area contributed by atoms with Gasteiger partial charge in [-0.15, -0.1) is 0 Å². The van der Waals surface area contributed by atoms with Gasteiger partial charge in [-0.2, -0.15) is 0 Å². The molecule has 3 N–H and O–H groups in total. The van der Waals surface area contributed by atoms with E-state index in [2.05, 4.69) is 15.5 Å². The summed E-state index contributed by atoms with van der Waals surface area (Å²) in [5, 5.41) is 7.56. The number of anilines is 1. The number of nitrogens with one attached hydrogen (secondary N) is 1. The lowest BCUT2D eigenvalue weighted by molar-refractivity contribution is -0.117. The van der Waals surface area contributed by atoms with E-state index in [0.29, 0.717) is 22.9 Å². The lowest BCUT2D eigenvalue weighted by atomic mass is 10.1. The molecule has 124 valence electrons. The van der Waals surface area contributed by atoms with Gasteiger partial charge in [0.1, 0.15) is 5.75 Å². The molecule has 0 aliphatic rings. The molecule has 0 radical (unpaired) electrons. The second kappa shape index (κ2) is 6.67. The predicted molar refractivity (Wildman–Crippen MR) is 90.0 cm³/mol. The number of nitrogens with zero attached hydrogens (tertiary/aromatic N) is 2. The van der Waals surface area contributed by atoms with E-state index in [-0.39, 0.29) is 5.91 Å². The summed E-state index contributed by atoms with van der Waals surface area (Å²) in [4.78, 5) is 15.8. The Balaban J connectivity index is 1.82. The Hall–Kier alpha value is -2.93. The lowest BCUT2D eigenvalue weighted by Crippen LogP contribution is -2.32. The van der Waals surface area contributed by atoms with E-state index in [4.69, 9.17) is 15.0 Å². The standard InChI is InChI=1S/C17H18N4O3/c1-3-12-16-13(5-4-6-14(16)24-21-12)23-15-8-7-11(9-19-15)20-17(22)10(2)18/h4-10H,3,18H2,1-2H3,(H,20,22)/t10-/m1/s1. The van der Waals surface area contributed by atoms with Gasteiger partial charge in [-0.25, -0.2) is 4.98 Å². The number of hydrogen-bond donors (Lipinski definition) is 2. The number of ether oxygens (including phenoxy) is 1. The van der Waals surface area contributed by atoms with Gasteiger partial charge in [0.2, 0.25) is 11.8 Å². The van der Waals surface area contributed by atoms with Crippen LogP contribution in [0, 0.1) is 0 Å². The van der Waals surface area contributed by atoms with Gasteiger partial charge in [-0.1, -0.05) is 18.1 Å². The maximum Gasteiger partial charge on any atom is 0.241 e. The van der Waals surface area contributed by atoms with Crippen LogP contribution in [0.2, 0.25) is 0 Å². The Morgan fingerprint density at radius 3 is 2.88 bits per heavy atom. The molecule has 24 heavy (non-hydrogen) atoms. The van der Waals surface area contributed by atoms with Gasteiger partial charge < -0.3 is 20.3 Å². The number of nitrogens with two attached hydrogens (primary N) is 1. The number of hydrogen-bond acceptors (Lipinski definition) is 6. The molecule has 0 spiro atoms. The largest absolute Gasteiger partial charge is 0.438 e. The monoisotopic (exact) mass is 326 g/mol. The highest BCUT2D eigenvalue weighted by molar-refractivity contribution is 5.94. The Bertz CT molecular complexity index is 856. The van der Waals surface area contributed by atoms with Crippen LogP contribution in [-0.2, 0) is 11.2 Å². The van der Waals surface area contributed by atoms with E-state index in [1.165, 1.54) is 6.20 Å². The third-order valence-electron chi connectivity index (χ3n) is 3.50. The molecule has 3 rings (SSSR count). The normalized spacial score (nSPS) is 12.1. The second-order valence-electron chi connectivity index (χ2n) is 5.38. The van der Waals surface area contributed by atoms with Crippen molar-refractivity contribution in [3.05, 3.63) is 42.2 Å². The van der Waals surface area contributed by atoms with Crippen LogP contribution in [0.25, 0.3) is 11.0 Å². The topological polar surface area (TPSA) is 103 Å². The van der Waals surface area contributed by atoms with Crippen molar-refractivity contribution >= 4 is 22.6 Å². The van der Waals surface area contributed by atoms with Gasteiger partial charge in [0.15, 0.2) is 5.58 Å². The summed E-state index contributed by atoms with van der Waals surface area (Å²) >= 11 is 0. The molecule has 0 aliphatic carbocycles. The molecule has 7 heteroatoms. The number of pyridine rings is 1. The van der Waals surface area contributed by atoms with Gasteiger partial charge >= 0.3 is 0 Å². The summed E-state index contributed by atoms with van der Waals surface area (Å²) in [5.74, 6) is 0.766. The summed E-state index contributed by atoms with van der Waals surface area (Å²) < 4.78 is 11.1. The van der Waals surface area contributed by atoms with E-state index in [0.717, 1.165) is 17.5 Å². The Morgan fingerprint density at radius 1 is 1.38 bits per heavy atom. The fraction of sp³-hybridized carbons (Fsp3) is 0.235. The predicted octanol–water partition coefficient (Wildman–Crippen LogP) is 2.86. The van der Waals surface area contributed by atoms with Crippen molar-refractivity contribution in [2.45, 2.75) is 26.3 Å². The first kappa shape index (κ1) is 15.9. The highest BCUT2D eigenvalue weighted by Crippen LogP contribution is 2.32. The van der Waals surface area contributed by atoms with Crippen LogP contribution in [0.15, 0.2) is 41.1 Å². The highest BCUT2D eigenvalue weighted by Gasteiger charge is 2.13. The van der Waals surface area contributed by atoms with Gasteiger partial charge in [0.25, 0.3) is 0 Å². The SMILES string of the molecule is CCc1noc2cccc(Oc3ccc(NC(=O)[C@@H](C)N)cn3)c12. The minimum Gasteiger partial charge on any atom is -0.438 e. The van der Waals surface area contributed by atoms with Gasteiger partial charge in [-0.05, 0) is 31.5 Å². The van der Waals surface area contributed by atoms with Crippen molar-refractivity contribution in [2.75, 3.05) is 5.32 Å². The molecule has 2 heterocycles. The van der Waals surface area contributed by atoms with Crippen LogP contribution < -0.4 is 15.8 Å². The Labute approximate surface area is 138 Å². The molecule has 0 saturated carbocycles.